The van der Waals surface area contributed by atoms with E-state index in [0.29, 0.717) is 18.9 Å². The molecule has 7 heteroatoms. The van der Waals surface area contributed by atoms with Gasteiger partial charge in [0, 0.05) is 38.4 Å². The Bertz CT molecular complexity index is 819. The van der Waals surface area contributed by atoms with Crippen molar-refractivity contribution in [1.82, 2.24) is 15.2 Å². The minimum atomic E-state index is -0.0993. The van der Waals surface area contributed by atoms with E-state index >= 15 is 0 Å². The highest BCUT2D eigenvalue weighted by Gasteiger charge is 2.30. The van der Waals surface area contributed by atoms with Crippen LogP contribution in [0, 0.1) is 12.8 Å². The molecular formula is C24H34ClN3O3. The maximum Gasteiger partial charge on any atom is 0.222 e. The molecule has 0 spiro atoms. The summed E-state index contributed by atoms with van der Waals surface area (Å²) in [5.74, 6) is 1.27. The topological polar surface area (TPSA) is 63.7 Å². The summed E-state index contributed by atoms with van der Waals surface area (Å²) in [6, 6.07) is 12.1. The number of nitrogens with zero attached hydrogens (tertiary/aromatic N) is 2. The highest BCUT2D eigenvalue weighted by molar-refractivity contribution is 5.85. The van der Waals surface area contributed by atoms with E-state index in [2.05, 4.69) is 40.3 Å². The van der Waals surface area contributed by atoms with Crippen molar-refractivity contribution in [2.75, 3.05) is 33.9 Å². The van der Waals surface area contributed by atoms with Crippen LogP contribution in [0.4, 0.5) is 0 Å². The van der Waals surface area contributed by atoms with Gasteiger partial charge in [-0.15, -0.1) is 12.4 Å². The fourth-order valence-corrected chi connectivity index (χ4v) is 4.31. The Hall–Kier alpha value is -2.15. The van der Waals surface area contributed by atoms with Crippen molar-refractivity contribution in [3.05, 3.63) is 59.4 Å². The maximum atomic E-state index is 12.5. The quantitative estimate of drug-likeness (QED) is 0.631. The van der Waals surface area contributed by atoms with Gasteiger partial charge in [-0.2, -0.15) is 0 Å². The molecule has 1 N–H and O–H groups in total. The standard InChI is InChI=1S/C24H33N3O3.ClH/c1-18-8-6-9-20(24(18)30-3)17-27-14-7-10-19(16-27)23(21-11-4-5-13-25-21)26-22(28)12-15-29-2;/h4-6,8-9,11,13,19,23H,7,10,12,14-17H2,1-3H3,(H,26,28);1H. The van der Waals surface area contributed by atoms with E-state index in [1.54, 1.807) is 20.4 Å². The molecule has 0 radical (unpaired) electrons. The van der Waals surface area contributed by atoms with E-state index in [4.69, 9.17) is 9.47 Å². The lowest BCUT2D eigenvalue weighted by Gasteiger charge is -2.37. The number of amides is 1. The second-order valence-corrected chi connectivity index (χ2v) is 7.95. The summed E-state index contributed by atoms with van der Waals surface area (Å²) >= 11 is 0. The fraction of sp³-hybridized carbons (Fsp3) is 0.500. The highest BCUT2D eigenvalue weighted by atomic mass is 35.5. The van der Waals surface area contributed by atoms with E-state index < -0.39 is 0 Å². The Morgan fingerprint density at radius 2 is 2.10 bits per heavy atom. The third-order valence-corrected chi connectivity index (χ3v) is 5.76. The third kappa shape index (κ3) is 6.92. The molecule has 0 aliphatic carbocycles. The Kier molecular flexibility index (Phi) is 10.2. The lowest BCUT2D eigenvalue weighted by atomic mass is 9.88. The van der Waals surface area contributed by atoms with Crippen LogP contribution in [0.15, 0.2) is 42.6 Å². The highest BCUT2D eigenvalue weighted by Crippen LogP contribution is 2.31. The molecule has 0 saturated carbocycles. The van der Waals surface area contributed by atoms with Crippen molar-refractivity contribution in [3.8, 4) is 5.75 Å². The summed E-state index contributed by atoms with van der Waals surface area (Å²) in [5, 5.41) is 3.22. The second-order valence-electron chi connectivity index (χ2n) is 7.95. The van der Waals surface area contributed by atoms with Gasteiger partial charge in [-0.3, -0.25) is 14.7 Å². The second kappa shape index (κ2) is 12.6. The molecule has 1 fully saturated rings. The number of para-hydroxylation sites is 1. The van der Waals surface area contributed by atoms with Gasteiger partial charge >= 0.3 is 0 Å². The normalized spacial score (nSPS) is 17.5. The zero-order valence-corrected chi connectivity index (χ0v) is 19.5. The molecule has 1 aliphatic heterocycles. The van der Waals surface area contributed by atoms with Gasteiger partial charge in [-0.1, -0.05) is 24.3 Å². The molecule has 2 atom stereocenters. The molecule has 2 heterocycles. The first kappa shape index (κ1) is 25.1. The number of carbonyl (C=O) groups excluding carboxylic acids is 1. The molecule has 6 nitrogen and oxygen atoms in total. The van der Waals surface area contributed by atoms with Crippen molar-refractivity contribution >= 4 is 18.3 Å². The van der Waals surface area contributed by atoms with Crippen molar-refractivity contribution in [2.24, 2.45) is 5.92 Å². The number of hydrogen-bond donors (Lipinski definition) is 1. The maximum absolute atomic E-state index is 12.5. The number of carbonyl (C=O) groups is 1. The fourth-order valence-electron chi connectivity index (χ4n) is 4.31. The van der Waals surface area contributed by atoms with E-state index in [-0.39, 0.29) is 24.4 Å². The predicted molar refractivity (Wildman–Crippen MR) is 125 cm³/mol. The zero-order chi connectivity index (χ0) is 21.3. The molecule has 170 valence electrons. The third-order valence-electron chi connectivity index (χ3n) is 5.76. The summed E-state index contributed by atoms with van der Waals surface area (Å²) in [6.45, 7) is 5.29. The van der Waals surface area contributed by atoms with E-state index in [1.807, 2.05) is 18.2 Å². The number of benzene rings is 1. The first-order chi connectivity index (χ1) is 14.6. The average Bonchev–Trinajstić information content (AvgIpc) is 2.77. The number of piperidine rings is 1. The number of hydrogen-bond acceptors (Lipinski definition) is 5. The number of ether oxygens (including phenoxy) is 2. The number of halogens is 1. The van der Waals surface area contributed by atoms with Crippen molar-refractivity contribution in [3.63, 3.8) is 0 Å². The van der Waals surface area contributed by atoms with Crippen LogP contribution in [-0.4, -0.2) is 49.7 Å². The summed E-state index contributed by atoms with van der Waals surface area (Å²) in [4.78, 5) is 19.5. The average molecular weight is 448 g/mol. The van der Waals surface area contributed by atoms with E-state index in [9.17, 15) is 4.79 Å². The van der Waals surface area contributed by atoms with E-state index in [0.717, 1.165) is 49.5 Å². The summed E-state index contributed by atoms with van der Waals surface area (Å²) in [5.41, 5.74) is 3.28. The number of aromatic nitrogens is 1. The molecule has 2 unspecified atom stereocenters. The summed E-state index contributed by atoms with van der Waals surface area (Å²) in [7, 11) is 3.35. The van der Waals surface area contributed by atoms with Crippen LogP contribution < -0.4 is 10.1 Å². The largest absolute Gasteiger partial charge is 0.496 e. The monoisotopic (exact) mass is 447 g/mol. The molecule has 0 bridgehead atoms. The predicted octanol–water partition coefficient (Wildman–Crippen LogP) is 3.93. The van der Waals surface area contributed by atoms with Crippen molar-refractivity contribution < 1.29 is 14.3 Å². The summed E-state index contributed by atoms with van der Waals surface area (Å²) < 4.78 is 10.7. The Morgan fingerprint density at radius 1 is 1.26 bits per heavy atom. The van der Waals surface area contributed by atoms with Gasteiger partial charge in [0.15, 0.2) is 0 Å². The number of rotatable bonds is 9. The molecule has 1 aromatic heterocycles. The van der Waals surface area contributed by atoms with Crippen LogP contribution in [0.2, 0.25) is 0 Å². The Labute approximate surface area is 191 Å². The van der Waals surface area contributed by atoms with E-state index in [1.165, 1.54) is 5.56 Å². The number of likely N-dealkylation sites (tertiary alicyclic amines) is 1. The van der Waals surface area contributed by atoms with Gasteiger partial charge in [0.25, 0.3) is 0 Å². The van der Waals surface area contributed by atoms with Crippen LogP contribution in [0.1, 0.15) is 42.1 Å². The number of nitrogens with one attached hydrogen (secondary N) is 1. The molecule has 1 aliphatic rings. The minimum absolute atomic E-state index is 0. The van der Waals surface area contributed by atoms with Gasteiger partial charge in [0.1, 0.15) is 5.75 Å². The van der Waals surface area contributed by atoms with Gasteiger partial charge < -0.3 is 14.8 Å². The van der Waals surface area contributed by atoms with Crippen molar-refractivity contribution in [1.29, 1.82) is 0 Å². The van der Waals surface area contributed by atoms with Crippen LogP contribution in [0.25, 0.3) is 0 Å². The first-order valence-electron chi connectivity index (χ1n) is 10.7. The molecule has 1 aromatic carbocycles. The Balaban J connectivity index is 0.00000341. The van der Waals surface area contributed by atoms with Gasteiger partial charge in [-0.05, 0) is 49.9 Å². The SMILES string of the molecule is COCCC(=O)NC(c1ccccn1)C1CCCN(Cc2cccc(C)c2OC)C1.Cl. The van der Waals surface area contributed by atoms with Crippen LogP contribution in [0.3, 0.4) is 0 Å². The number of aryl methyl sites for hydroxylation is 1. The minimum Gasteiger partial charge on any atom is -0.496 e. The number of methoxy groups -OCH3 is 2. The van der Waals surface area contributed by atoms with Gasteiger partial charge in [0.2, 0.25) is 5.91 Å². The number of pyridine rings is 1. The molecule has 31 heavy (non-hydrogen) atoms. The van der Waals surface area contributed by atoms with Gasteiger partial charge in [-0.25, -0.2) is 0 Å². The van der Waals surface area contributed by atoms with Crippen LogP contribution >= 0.6 is 12.4 Å². The molecule has 2 aromatic rings. The van der Waals surface area contributed by atoms with Crippen molar-refractivity contribution in [2.45, 2.75) is 38.8 Å². The first-order valence-corrected chi connectivity index (χ1v) is 10.7. The zero-order valence-electron chi connectivity index (χ0n) is 18.7. The lowest BCUT2D eigenvalue weighted by Crippen LogP contribution is -2.43. The molecule has 1 amide bonds. The smallest absolute Gasteiger partial charge is 0.222 e. The molecule has 1 saturated heterocycles. The molecular weight excluding hydrogens is 414 g/mol. The lowest BCUT2D eigenvalue weighted by molar-refractivity contribution is -0.123. The molecule has 3 rings (SSSR count). The Morgan fingerprint density at radius 3 is 2.81 bits per heavy atom. The summed E-state index contributed by atoms with van der Waals surface area (Å²) in [6.07, 6.45) is 4.31. The van der Waals surface area contributed by atoms with Crippen LogP contribution in [0.5, 0.6) is 5.75 Å². The van der Waals surface area contributed by atoms with Crippen LogP contribution in [-0.2, 0) is 16.1 Å². The van der Waals surface area contributed by atoms with Gasteiger partial charge in [0.05, 0.1) is 25.5 Å².